The summed E-state index contributed by atoms with van der Waals surface area (Å²) in [6.07, 6.45) is 1.55. The predicted molar refractivity (Wildman–Crippen MR) is 143 cm³/mol. The second kappa shape index (κ2) is 11.8. The molecule has 38 heavy (non-hydrogen) atoms. The Morgan fingerprint density at radius 1 is 0.868 bits per heavy atom. The van der Waals surface area contributed by atoms with Crippen molar-refractivity contribution in [2.45, 2.75) is 13.8 Å². The number of hydrogen-bond donors (Lipinski definition) is 4. The molecule has 0 aliphatic carbocycles. The molecule has 0 unspecified atom stereocenters. The highest BCUT2D eigenvalue weighted by Crippen LogP contribution is 2.33. The Morgan fingerprint density at radius 3 is 2.42 bits per heavy atom. The van der Waals surface area contributed by atoms with Gasteiger partial charge in [-0.2, -0.15) is 9.97 Å². The molecule has 0 spiro atoms. The first-order valence-corrected chi connectivity index (χ1v) is 12.2. The van der Waals surface area contributed by atoms with E-state index in [-0.39, 0.29) is 5.91 Å². The molecule has 0 bridgehead atoms. The van der Waals surface area contributed by atoms with Gasteiger partial charge in [-0.1, -0.05) is 6.07 Å². The van der Waals surface area contributed by atoms with Crippen LogP contribution < -0.4 is 25.4 Å². The SMILES string of the molecule is CC(=O)Nc1cc(C)ccc1Nc1nc(Nc2ccc3c(c2)OCCOCCOCCO3)nc2[nH]cnc12. The maximum atomic E-state index is 11.7. The number of nitrogens with zero attached hydrogens (tertiary/aromatic N) is 3. The van der Waals surface area contributed by atoms with E-state index in [9.17, 15) is 4.79 Å². The summed E-state index contributed by atoms with van der Waals surface area (Å²) < 4.78 is 22.8. The van der Waals surface area contributed by atoms with E-state index in [4.69, 9.17) is 18.9 Å². The molecule has 0 atom stereocenters. The second-order valence-corrected chi connectivity index (χ2v) is 8.56. The van der Waals surface area contributed by atoms with Gasteiger partial charge in [0.15, 0.2) is 28.5 Å². The van der Waals surface area contributed by atoms with E-state index in [0.717, 1.165) is 5.56 Å². The fraction of sp³-hybridized carbons (Fsp3) is 0.308. The van der Waals surface area contributed by atoms with Crippen molar-refractivity contribution >= 4 is 45.9 Å². The molecular weight excluding hydrogens is 490 g/mol. The number of aromatic nitrogens is 4. The quantitative estimate of drug-likeness (QED) is 0.306. The Hall–Kier alpha value is -4.42. The minimum absolute atomic E-state index is 0.171. The minimum Gasteiger partial charge on any atom is -0.487 e. The summed E-state index contributed by atoms with van der Waals surface area (Å²) in [5, 5.41) is 9.38. The van der Waals surface area contributed by atoms with Gasteiger partial charge in [-0.3, -0.25) is 4.79 Å². The van der Waals surface area contributed by atoms with Gasteiger partial charge < -0.3 is 39.9 Å². The standard InChI is InChI=1S/C26H29N7O5/c1-16-3-5-19(20(13-16)29-17(2)34)31-25-23-24(28-15-27-23)32-26(33-25)30-18-4-6-21-22(14-18)38-12-10-36-8-7-35-9-11-37-21/h3-6,13-15H,7-12H2,1-2H3,(H,29,34)(H3,27,28,30,31,32,33). The molecule has 3 heterocycles. The average Bonchev–Trinajstić information content (AvgIpc) is 3.35. The number of carbonyl (C=O) groups excluding carboxylic acids is 1. The van der Waals surface area contributed by atoms with Crippen LogP contribution >= 0.6 is 0 Å². The van der Waals surface area contributed by atoms with Crippen molar-refractivity contribution in [1.29, 1.82) is 0 Å². The van der Waals surface area contributed by atoms with E-state index < -0.39 is 0 Å². The summed E-state index contributed by atoms with van der Waals surface area (Å²) in [7, 11) is 0. The summed E-state index contributed by atoms with van der Waals surface area (Å²) in [6, 6.07) is 11.2. The van der Waals surface area contributed by atoms with Gasteiger partial charge >= 0.3 is 0 Å². The lowest BCUT2D eigenvalue weighted by atomic mass is 10.2. The first-order valence-electron chi connectivity index (χ1n) is 12.2. The van der Waals surface area contributed by atoms with Crippen LogP contribution in [0.2, 0.25) is 0 Å². The normalized spacial score (nSPS) is 14.3. The van der Waals surface area contributed by atoms with Gasteiger partial charge in [0.05, 0.1) is 44.1 Å². The Balaban J connectivity index is 1.41. The number of amides is 1. The molecule has 4 aromatic rings. The molecule has 1 aliphatic heterocycles. The number of aryl methyl sites for hydroxylation is 1. The van der Waals surface area contributed by atoms with E-state index in [2.05, 4.69) is 35.9 Å². The maximum absolute atomic E-state index is 11.7. The van der Waals surface area contributed by atoms with Crippen LogP contribution in [0.4, 0.5) is 28.8 Å². The van der Waals surface area contributed by atoms with Crippen LogP contribution in [0, 0.1) is 6.92 Å². The predicted octanol–water partition coefficient (Wildman–Crippen LogP) is 3.91. The Bertz CT molecular complexity index is 1420. The largest absolute Gasteiger partial charge is 0.487 e. The molecule has 5 rings (SSSR count). The zero-order valence-corrected chi connectivity index (χ0v) is 21.2. The van der Waals surface area contributed by atoms with Gasteiger partial charge in [0.2, 0.25) is 11.9 Å². The lowest BCUT2D eigenvalue weighted by Gasteiger charge is -2.16. The number of aromatic amines is 1. The lowest BCUT2D eigenvalue weighted by Crippen LogP contribution is -2.15. The number of imidazole rings is 1. The van der Waals surface area contributed by atoms with Crippen LogP contribution in [0.5, 0.6) is 11.5 Å². The van der Waals surface area contributed by atoms with Crippen molar-refractivity contribution in [2.75, 3.05) is 55.6 Å². The van der Waals surface area contributed by atoms with Crippen LogP contribution in [0.3, 0.4) is 0 Å². The van der Waals surface area contributed by atoms with Gasteiger partial charge in [0.1, 0.15) is 13.2 Å². The smallest absolute Gasteiger partial charge is 0.231 e. The number of carbonyl (C=O) groups is 1. The fourth-order valence-corrected chi connectivity index (χ4v) is 3.86. The van der Waals surface area contributed by atoms with Crippen LogP contribution in [0.1, 0.15) is 12.5 Å². The molecule has 12 nitrogen and oxygen atoms in total. The molecule has 4 N–H and O–H groups in total. The van der Waals surface area contributed by atoms with Gasteiger partial charge in [-0.25, -0.2) is 4.98 Å². The van der Waals surface area contributed by atoms with Gasteiger partial charge in [-0.05, 0) is 36.8 Å². The van der Waals surface area contributed by atoms with Gasteiger partial charge in [-0.15, -0.1) is 0 Å². The van der Waals surface area contributed by atoms with Crippen molar-refractivity contribution in [3.8, 4) is 11.5 Å². The molecule has 0 saturated heterocycles. The van der Waals surface area contributed by atoms with Crippen molar-refractivity contribution in [3.05, 3.63) is 48.3 Å². The van der Waals surface area contributed by atoms with Crippen LogP contribution in [0.15, 0.2) is 42.7 Å². The third-order valence-electron chi connectivity index (χ3n) is 5.56. The zero-order valence-electron chi connectivity index (χ0n) is 21.2. The Labute approximate surface area is 219 Å². The number of H-pyrrole nitrogens is 1. The number of rotatable bonds is 5. The maximum Gasteiger partial charge on any atom is 0.231 e. The van der Waals surface area contributed by atoms with Crippen molar-refractivity contribution in [1.82, 2.24) is 19.9 Å². The van der Waals surface area contributed by atoms with Crippen LogP contribution in [0.25, 0.3) is 11.2 Å². The molecule has 0 fully saturated rings. The summed E-state index contributed by atoms with van der Waals surface area (Å²) in [4.78, 5) is 28.4. The summed E-state index contributed by atoms with van der Waals surface area (Å²) in [5.41, 5.74) is 4.13. The van der Waals surface area contributed by atoms with Crippen molar-refractivity contribution in [2.24, 2.45) is 0 Å². The first kappa shape index (κ1) is 25.2. The van der Waals surface area contributed by atoms with Crippen molar-refractivity contribution in [3.63, 3.8) is 0 Å². The molecule has 0 saturated carbocycles. The highest BCUT2D eigenvalue weighted by atomic mass is 16.6. The second-order valence-electron chi connectivity index (χ2n) is 8.56. The van der Waals surface area contributed by atoms with Crippen molar-refractivity contribution < 1.29 is 23.7 Å². The number of ether oxygens (including phenoxy) is 4. The molecule has 1 amide bonds. The third-order valence-corrected chi connectivity index (χ3v) is 5.56. The monoisotopic (exact) mass is 519 g/mol. The number of hydrogen-bond acceptors (Lipinski definition) is 10. The lowest BCUT2D eigenvalue weighted by molar-refractivity contribution is -0.114. The minimum atomic E-state index is -0.171. The van der Waals surface area contributed by atoms with E-state index in [1.165, 1.54) is 6.92 Å². The fourth-order valence-electron chi connectivity index (χ4n) is 3.86. The van der Waals surface area contributed by atoms with Crippen LogP contribution in [-0.2, 0) is 14.3 Å². The Kier molecular flexibility index (Phi) is 7.81. The first-order chi connectivity index (χ1) is 18.5. The topological polar surface area (TPSA) is 145 Å². The highest BCUT2D eigenvalue weighted by Gasteiger charge is 2.15. The number of anilines is 5. The van der Waals surface area contributed by atoms with E-state index in [0.29, 0.717) is 91.1 Å². The number of fused-ring (bicyclic) bond motifs is 2. The molecule has 2 aromatic heterocycles. The zero-order chi connectivity index (χ0) is 26.3. The average molecular weight is 520 g/mol. The molecule has 0 radical (unpaired) electrons. The van der Waals surface area contributed by atoms with E-state index in [1.807, 2.05) is 43.3 Å². The molecule has 1 aliphatic rings. The summed E-state index contributed by atoms with van der Waals surface area (Å²) in [6.45, 7) is 6.13. The van der Waals surface area contributed by atoms with E-state index in [1.54, 1.807) is 6.33 Å². The summed E-state index contributed by atoms with van der Waals surface area (Å²) >= 11 is 0. The van der Waals surface area contributed by atoms with Gasteiger partial charge in [0, 0.05) is 18.7 Å². The number of benzene rings is 2. The molecule has 2 aromatic carbocycles. The highest BCUT2D eigenvalue weighted by molar-refractivity contribution is 5.95. The molecule has 12 heteroatoms. The number of nitrogens with one attached hydrogen (secondary N) is 4. The molecular formula is C26H29N7O5. The summed E-state index contributed by atoms with van der Waals surface area (Å²) in [5.74, 6) is 1.81. The third kappa shape index (κ3) is 6.28. The van der Waals surface area contributed by atoms with Gasteiger partial charge in [0.25, 0.3) is 0 Å². The van der Waals surface area contributed by atoms with E-state index >= 15 is 0 Å². The Morgan fingerprint density at radius 2 is 1.63 bits per heavy atom. The van der Waals surface area contributed by atoms with Crippen LogP contribution in [-0.4, -0.2) is 65.5 Å². The molecule has 198 valence electrons.